The second kappa shape index (κ2) is 7.57. The summed E-state index contributed by atoms with van der Waals surface area (Å²) in [5.74, 6) is -0.895. The van der Waals surface area contributed by atoms with Crippen molar-refractivity contribution in [1.29, 1.82) is 0 Å². The molecule has 0 spiro atoms. The average molecular weight is 292 g/mol. The minimum Gasteiger partial charge on any atom is -0.486 e. The number of hydrogen-bond donors (Lipinski definition) is 0. The van der Waals surface area contributed by atoms with Gasteiger partial charge in [0, 0.05) is 0 Å². The van der Waals surface area contributed by atoms with Gasteiger partial charge in [-0.2, -0.15) is 0 Å². The zero-order valence-electron chi connectivity index (χ0n) is 12.5. The highest BCUT2D eigenvalue weighted by Crippen LogP contribution is 2.10. The lowest BCUT2D eigenvalue weighted by atomic mass is 10.1. The van der Waals surface area contributed by atoms with Crippen molar-refractivity contribution in [3.63, 3.8) is 0 Å². The Hall–Kier alpha value is -2.17. The molecular weight excluding hydrogens is 272 g/mol. The average Bonchev–Trinajstić information content (AvgIpc) is 2.35. The van der Waals surface area contributed by atoms with Crippen LogP contribution >= 0.6 is 0 Å². The highest BCUT2D eigenvalue weighted by atomic mass is 16.6. The first-order valence-corrected chi connectivity index (χ1v) is 6.69. The summed E-state index contributed by atoms with van der Waals surface area (Å²) < 4.78 is 10.3. The zero-order chi connectivity index (χ0) is 15.9. The molecule has 0 unspecified atom stereocenters. The summed E-state index contributed by atoms with van der Waals surface area (Å²) >= 11 is 0. The van der Waals surface area contributed by atoms with Gasteiger partial charge < -0.3 is 9.47 Å². The molecule has 5 nitrogen and oxygen atoms in total. The molecule has 0 aromatic heterocycles. The molecule has 0 saturated carbocycles. The summed E-state index contributed by atoms with van der Waals surface area (Å²) in [6.45, 7) is 4.96. The lowest BCUT2D eigenvalue weighted by molar-refractivity contribution is -0.156. The Kier molecular flexibility index (Phi) is 6.09. The molecule has 0 radical (unpaired) electrons. The number of ether oxygens (including phenoxy) is 2. The molecular formula is C16H20O5. The number of benzene rings is 1. The van der Waals surface area contributed by atoms with E-state index in [9.17, 15) is 14.4 Å². The van der Waals surface area contributed by atoms with E-state index in [1.165, 1.54) is 0 Å². The summed E-state index contributed by atoms with van der Waals surface area (Å²) in [6, 6.07) is 8.84. The number of esters is 1. The van der Waals surface area contributed by atoms with Crippen LogP contribution in [0, 0.1) is 0 Å². The fourth-order valence-electron chi connectivity index (χ4n) is 1.55. The Morgan fingerprint density at radius 2 is 1.57 bits per heavy atom. The molecule has 21 heavy (non-hydrogen) atoms. The molecule has 1 aromatic carbocycles. The Morgan fingerprint density at radius 3 is 2.14 bits per heavy atom. The molecule has 0 bridgehead atoms. The number of hydrogen-bond acceptors (Lipinski definition) is 5. The van der Waals surface area contributed by atoms with Gasteiger partial charge in [0.05, 0.1) is 6.42 Å². The lowest BCUT2D eigenvalue weighted by Gasteiger charge is -2.19. The van der Waals surface area contributed by atoms with Crippen LogP contribution in [0.15, 0.2) is 30.3 Å². The van der Waals surface area contributed by atoms with Crippen molar-refractivity contribution in [3.05, 3.63) is 30.3 Å². The molecule has 0 saturated heterocycles. The predicted octanol–water partition coefficient (Wildman–Crippen LogP) is 2.33. The van der Waals surface area contributed by atoms with Crippen LogP contribution in [0.25, 0.3) is 0 Å². The molecule has 0 aliphatic rings. The minimum atomic E-state index is -0.641. The SMILES string of the molecule is CC(C)(C)OC(=O)CC(=O)CC(=O)COc1ccccc1. The molecule has 114 valence electrons. The second-order valence-electron chi connectivity index (χ2n) is 5.62. The molecule has 1 rings (SSSR count). The third-order valence-electron chi connectivity index (χ3n) is 2.30. The number of ketones is 2. The van der Waals surface area contributed by atoms with Gasteiger partial charge >= 0.3 is 5.97 Å². The highest BCUT2D eigenvalue weighted by molar-refractivity contribution is 6.06. The predicted molar refractivity (Wildman–Crippen MR) is 77.0 cm³/mol. The topological polar surface area (TPSA) is 69.7 Å². The van der Waals surface area contributed by atoms with Gasteiger partial charge in [0.15, 0.2) is 11.6 Å². The molecule has 5 heteroatoms. The molecule has 0 atom stereocenters. The van der Waals surface area contributed by atoms with Crippen LogP contribution in [0.4, 0.5) is 0 Å². The Labute approximate surface area is 124 Å². The van der Waals surface area contributed by atoms with E-state index in [1.54, 1.807) is 45.0 Å². The fraction of sp³-hybridized carbons (Fsp3) is 0.438. The fourth-order valence-corrected chi connectivity index (χ4v) is 1.55. The second-order valence-corrected chi connectivity index (χ2v) is 5.62. The lowest BCUT2D eigenvalue weighted by Crippen LogP contribution is -2.26. The van der Waals surface area contributed by atoms with Crippen LogP contribution in [-0.4, -0.2) is 29.7 Å². The van der Waals surface area contributed by atoms with E-state index in [2.05, 4.69) is 0 Å². The number of carbonyl (C=O) groups is 3. The molecule has 0 N–H and O–H groups in total. The first-order chi connectivity index (χ1) is 9.76. The quantitative estimate of drug-likeness (QED) is 0.570. The van der Waals surface area contributed by atoms with Gasteiger partial charge in [-0.1, -0.05) is 18.2 Å². The van der Waals surface area contributed by atoms with Crippen LogP contribution in [-0.2, 0) is 19.1 Å². The highest BCUT2D eigenvalue weighted by Gasteiger charge is 2.20. The molecule has 0 fully saturated rings. The summed E-state index contributed by atoms with van der Waals surface area (Å²) in [6.07, 6.45) is -0.722. The van der Waals surface area contributed by atoms with Crippen molar-refractivity contribution in [3.8, 4) is 5.75 Å². The van der Waals surface area contributed by atoms with Gasteiger partial charge in [0.1, 0.15) is 24.4 Å². The maximum absolute atomic E-state index is 11.6. The summed E-state index contributed by atoms with van der Waals surface area (Å²) in [5.41, 5.74) is -0.641. The van der Waals surface area contributed by atoms with Crippen molar-refractivity contribution in [2.45, 2.75) is 39.2 Å². The minimum absolute atomic E-state index is 0.190. The number of para-hydroxylation sites is 1. The van der Waals surface area contributed by atoms with Gasteiger partial charge in [-0.15, -0.1) is 0 Å². The largest absolute Gasteiger partial charge is 0.486 e. The van der Waals surface area contributed by atoms with Crippen molar-refractivity contribution in [2.75, 3.05) is 6.61 Å². The number of Topliss-reactive ketones (excluding diaryl/α,β-unsaturated/α-hetero) is 2. The van der Waals surface area contributed by atoms with E-state index >= 15 is 0 Å². The van der Waals surface area contributed by atoms with Gasteiger partial charge in [0.2, 0.25) is 0 Å². The van der Waals surface area contributed by atoms with Crippen molar-refractivity contribution < 1.29 is 23.9 Å². The standard InChI is InChI=1S/C16H20O5/c1-16(2,3)21-15(19)10-12(17)9-13(18)11-20-14-7-5-4-6-8-14/h4-8H,9-11H2,1-3H3. The third-order valence-corrected chi connectivity index (χ3v) is 2.30. The first kappa shape index (κ1) is 16.9. The van der Waals surface area contributed by atoms with E-state index in [0.29, 0.717) is 5.75 Å². The maximum Gasteiger partial charge on any atom is 0.313 e. The van der Waals surface area contributed by atoms with Crippen LogP contribution in [0.1, 0.15) is 33.6 Å². The summed E-state index contributed by atoms with van der Waals surface area (Å²) in [4.78, 5) is 34.6. The summed E-state index contributed by atoms with van der Waals surface area (Å²) in [7, 11) is 0. The van der Waals surface area contributed by atoms with Gasteiger partial charge in [-0.3, -0.25) is 14.4 Å². The molecule has 1 aromatic rings. The monoisotopic (exact) mass is 292 g/mol. The van der Waals surface area contributed by atoms with E-state index in [1.807, 2.05) is 6.07 Å². The van der Waals surface area contributed by atoms with Gasteiger partial charge in [-0.05, 0) is 32.9 Å². The van der Waals surface area contributed by atoms with E-state index in [-0.39, 0.29) is 18.8 Å². The number of carbonyl (C=O) groups excluding carboxylic acids is 3. The Bertz CT molecular complexity index is 499. The molecule has 0 amide bonds. The van der Waals surface area contributed by atoms with Gasteiger partial charge in [0.25, 0.3) is 0 Å². The van der Waals surface area contributed by atoms with Crippen molar-refractivity contribution >= 4 is 17.5 Å². The van der Waals surface area contributed by atoms with E-state index < -0.39 is 23.8 Å². The van der Waals surface area contributed by atoms with Gasteiger partial charge in [-0.25, -0.2) is 0 Å². The van der Waals surface area contributed by atoms with Crippen LogP contribution in [0.2, 0.25) is 0 Å². The third kappa shape index (κ3) is 7.87. The van der Waals surface area contributed by atoms with E-state index in [4.69, 9.17) is 9.47 Å². The molecule has 0 heterocycles. The summed E-state index contributed by atoms with van der Waals surface area (Å²) in [5, 5.41) is 0. The Balaban J connectivity index is 2.31. The Morgan fingerprint density at radius 1 is 0.952 bits per heavy atom. The van der Waals surface area contributed by atoms with Crippen molar-refractivity contribution in [2.24, 2.45) is 0 Å². The van der Waals surface area contributed by atoms with Crippen LogP contribution in [0.5, 0.6) is 5.75 Å². The maximum atomic E-state index is 11.6. The molecule has 0 aliphatic heterocycles. The zero-order valence-corrected chi connectivity index (χ0v) is 12.5. The number of rotatable bonds is 7. The first-order valence-electron chi connectivity index (χ1n) is 6.69. The van der Waals surface area contributed by atoms with E-state index in [0.717, 1.165) is 0 Å². The molecule has 0 aliphatic carbocycles. The van der Waals surface area contributed by atoms with Crippen molar-refractivity contribution in [1.82, 2.24) is 0 Å². The van der Waals surface area contributed by atoms with Crippen LogP contribution in [0.3, 0.4) is 0 Å². The van der Waals surface area contributed by atoms with Crippen LogP contribution < -0.4 is 4.74 Å². The normalized spacial score (nSPS) is 10.8. The smallest absolute Gasteiger partial charge is 0.313 e.